The number of benzene rings is 1. The third-order valence-electron chi connectivity index (χ3n) is 1.87. The van der Waals surface area contributed by atoms with Crippen LogP contribution in [0.2, 0.25) is 0 Å². The lowest BCUT2D eigenvalue weighted by Crippen LogP contribution is -3.00. The van der Waals surface area contributed by atoms with E-state index in [2.05, 4.69) is 36.6 Å². The summed E-state index contributed by atoms with van der Waals surface area (Å²) in [7, 11) is 0. The monoisotopic (exact) mass is 197 g/mol. The SMILES string of the molecule is C=CCC([NH3+])Cc1ccccc1.[Cl-]. The first-order valence-corrected chi connectivity index (χ1v) is 4.31. The molecule has 1 aromatic carbocycles. The summed E-state index contributed by atoms with van der Waals surface area (Å²) in [5.41, 5.74) is 5.41. The summed E-state index contributed by atoms with van der Waals surface area (Å²) in [5, 5.41) is 0. The van der Waals surface area contributed by atoms with E-state index >= 15 is 0 Å². The van der Waals surface area contributed by atoms with Gasteiger partial charge in [0.15, 0.2) is 0 Å². The highest BCUT2D eigenvalue weighted by Crippen LogP contribution is 2.02. The van der Waals surface area contributed by atoms with E-state index in [1.54, 1.807) is 0 Å². The highest BCUT2D eigenvalue weighted by molar-refractivity contribution is 5.15. The van der Waals surface area contributed by atoms with Crippen LogP contribution in [0, 0.1) is 0 Å². The molecule has 0 heterocycles. The topological polar surface area (TPSA) is 27.6 Å². The van der Waals surface area contributed by atoms with E-state index in [-0.39, 0.29) is 12.4 Å². The van der Waals surface area contributed by atoms with Gasteiger partial charge in [0.25, 0.3) is 0 Å². The van der Waals surface area contributed by atoms with Gasteiger partial charge in [0.05, 0.1) is 6.04 Å². The average Bonchev–Trinajstić information content (AvgIpc) is 2.06. The molecule has 2 heteroatoms. The molecule has 3 N–H and O–H groups in total. The molecule has 0 aromatic heterocycles. The summed E-state index contributed by atoms with van der Waals surface area (Å²) in [6.45, 7) is 3.70. The van der Waals surface area contributed by atoms with E-state index in [0.29, 0.717) is 6.04 Å². The normalized spacial score (nSPS) is 11.5. The fourth-order valence-corrected chi connectivity index (χ4v) is 1.27. The van der Waals surface area contributed by atoms with Gasteiger partial charge in [-0.2, -0.15) is 0 Å². The maximum Gasteiger partial charge on any atom is 0.0919 e. The third-order valence-corrected chi connectivity index (χ3v) is 1.87. The fourth-order valence-electron chi connectivity index (χ4n) is 1.27. The number of hydrogen-bond donors (Lipinski definition) is 1. The van der Waals surface area contributed by atoms with Crippen LogP contribution in [0.1, 0.15) is 12.0 Å². The smallest absolute Gasteiger partial charge is 0.0919 e. The van der Waals surface area contributed by atoms with Gasteiger partial charge in [0.1, 0.15) is 0 Å². The minimum absolute atomic E-state index is 0. The van der Waals surface area contributed by atoms with Crippen molar-refractivity contribution in [1.82, 2.24) is 0 Å². The van der Waals surface area contributed by atoms with Crippen LogP contribution in [0.25, 0.3) is 0 Å². The van der Waals surface area contributed by atoms with Crippen molar-refractivity contribution in [3.63, 3.8) is 0 Å². The molecule has 1 aromatic rings. The standard InChI is InChI=1S/C11H15N.ClH/c1-2-6-11(12)9-10-7-4-3-5-8-10;/h2-5,7-8,11H,1,6,9,12H2;1H. The zero-order valence-electron chi connectivity index (χ0n) is 7.75. The fraction of sp³-hybridized carbons (Fsp3) is 0.273. The minimum atomic E-state index is 0. The molecule has 1 rings (SSSR count). The van der Waals surface area contributed by atoms with Crippen LogP contribution in [-0.2, 0) is 6.42 Å². The first kappa shape index (κ1) is 12.2. The lowest BCUT2D eigenvalue weighted by Gasteiger charge is -2.04. The Morgan fingerprint density at radius 3 is 2.46 bits per heavy atom. The van der Waals surface area contributed by atoms with Crippen molar-refractivity contribution in [3.8, 4) is 0 Å². The van der Waals surface area contributed by atoms with Gasteiger partial charge in [-0.05, 0) is 5.56 Å². The molecule has 0 aliphatic heterocycles. The van der Waals surface area contributed by atoms with Gasteiger partial charge in [-0.3, -0.25) is 0 Å². The molecule has 0 spiro atoms. The number of rotatable bonds is 4. The summed E-state index contributed by atoms with van der Waals surface area (Å²) in [4.78, 5) is 0. The number of halogens is 1. The Morgan fingerprint density at radius 2 is 1.92 bits per heavy atom. The van der Waals surface area contributed by atoms with Crippen molar-refractivity contribution in [1.29, 1.82) is 0 Å². The molecular weight excluding hydrogens is 182 g/mol. The van der Waals surface area contributed by atoms with Crippen molar-refractivity contribution < 1.29 is 18.1 Å². The highest BCUT2D eigenvalue weighted by Gasteiger charge is 2.03. The van der Waals surface area contributed by atoms with Gasteiger partial charge in [-0.1, -0.05) is 36.4 Å². The zero-order valence-corrected chi connectivity index (χ0v) is 8.50. The molecule has 0 radical (unpaired) electrons. The highest BCUT2D eigenvalue weighted by atomic mass is 35.5. The second kappa shape index (κ2) is 6.70. The summed E-state index contributed by atoms with van der Waals surface area (Å²) in [5.74, 6) is 0. The second-order valence-corrected chi connectivity index (χ2v) is 3.08. The lowest BCUT2D eigenvalue weighted by atomic mass is 10.0. The van der Waals surface area contributed by atoms with Crippen molar-refractivity contribution in [2.75, 3.05) is 0 Å². The van der Waals surface area contributed by atoms with E-state index in [9.17, 15) is 0 Å². The molecule has 0 saturated carbocycles. The molecule has 0 saturated heterocycles. The molecule has 13 heavy (non-hydrogen) atoms. The summed E-state index contributed by atoms with van der Waals surface area (Å²) in [6, 6.07) is 10.9. The van der Waals surface area contributed by atoms with Crippen molar-refractivity contribution in [3.05, 3.63) is 48.6 Å². The average molecular weight is 198 g/mol. The van der Waals surface area contributed by atoms with Crippen LogP contribution < -0.4 is 18.1 Å². The van der Waals surface area contributed by atoms with Gasteiger partial charge in [-0.15, -0.1) is 6.58 Å². The van der Waals surface area contributed by atoms with Gasteiger partial charge >= 0.3 is 0 Å². The summed E-state index contributed by atoms with van der Waals surface area (Å²) < 4.78 is 0. The Labute approximate surface area is 86.1 Å². The van der Waals surface area contributed by atoms with Gasteiger partial charge in [-0.25, -0.2) is 0 Å². The second-order valence-electron chi connectivity index (χ2n) is 3.08. The molecule has 1 atom stereocenters. The molecular formula is C11H16ClN. The Balaban J connectivity index is 0.00000144. The predicted molar refractivity (Wildman–Crippen MR) is 51.6 cm³/mol. The third kappa shape index (κ3) is 4.71. The molecule has 72 valence electrons. The minimum Gasteiger partial charge on any atom is -1.00 e. The molecule has 0 aliphatic rings. The van der Waals surface area contributed by atoms with E-state index in [1.807, 2.05) is 12.1 Å². The van der Waals surface area contributed by atoms with E-state index in [1.165, 1.54) is 5.56 Å². The van der Waals surface area contributed by atoms with Gasteiger partial charge in [0.2, 0.25) is 0 Å². The predicted octanol–water partition coefficient (Wildman–Crippen LogP) is -1.58. The van der Waals surface area contributed by atoms with Gasteiger partial charge < -0.3 is 18.1 Å². The van der Waals surface area contributed by atoms with E-state index in [4.69, 9.17) is 0 Å². The molecule has 0 amide bonds. The molecule has 0 fully saturated rings. The molecule has 1 nitrogen and oxygen atoms in total. The van der Waals surface area contributed by atoms with E-state index in [0.717, 1.165) is 12.8 Å². The van der Waals surface area contributed by atoms with Crippen LogP contribution in [0.5, 0.6) is 0 Å². The van der Waals surface area contributed by atoms with Crippen LogP contribution >= 0.6 is 0 Å². The van der Waals surface area contributed by atoms with Crippen LogP contribution in [0.15, 0.2) is 43.0 Å². The quantitative estimate of drug-likeness (QED) is 0.565. The first-order chi connectivity index (χ1) is 5.83. The lowest BCUT2D eigenvalue weighted by molar-refractivity contribution is -0.418. The Kier molecular flexibility index (Phi) is 6.29. The van der Waals surface area contributed by atoms with Crippen molar-refractivity contribution in [2.45, 2.75) is 18.9 Å². The van der Waals surface area contributed by atoms with Crippen LogP contribution in [-0.4, -0.2) is 6.04 Å². The van der Waals surface area contributed by atoms with Crippen molar-refractivity contribution in [2.24, 2.45) is 0 Å². The summed E-state index contributed by atoms with van der Waals surface area (Å²) >= 11 is 0. The molecule has 0 bridgehead atoms. The first-order valence-electron chi connectivity index (χ1n) is 4.31. The number of hydrogen-bond acceptors (Lipinski definition) is 0. The Bertz CT molecular complexity index is 233. The maximum absolute atomic E-state index is 4.05. The van der Waals surface area contributed by atoms with Crippen LogP contribution in [0.4, 0.5) is 0 Å². The Hall–Kier alpha value is -0.790. The molecule has 1 unspecified atom stereocenters. The number of quaternary nitrogens is 1. The summed E-state index contributed by atoms with van der Waals surface area (Å²) in [6.07, 6.45) is 3.97. The largest absolute Gasteiger partial charge is 1.00 e. The van der Waals surface area contributed by atoms with E-state index < -0.39 is 0 Å². The Morgan fingerprint density at radius 1 is 1.31 bits per heavy atom. The zero-order chi connectivity index (χ0) is 8.81. The van der Waals surface area contributed by atoms with Gasteiger partial charge in [0, 0.05) is 12.8 Å². The van der Waals surface area contributed by atoms with Crippen molar-refractivity contribution >= 4 is 0 Å². The van der Waals surface area contributed by atoms with Crippen LogP contribution in [0.3, 0.4) is 0 Å². The molecule has 0 aliphatic carbocycles. The maximum atomic E-state index is 4.05.